The summed E-state index contributed by atoms with van der Waals surface area (Å²) in [5.74, 6) is 0.717. The van der Waals surface area contributed by atoms with Crippen LogP contribution < -0.4 is 4.90 Å². The van der Waals surface area contributed by atoms with Crippen molar-refractivity contribution >= 4 is 22.6 Å². The fourth-order valence-corrected chi connectivity index (χ4v) is 3.95. The summed E-state index contributed by atoms with van der Waals surface area (Å²) in [4.78, 5) is 19.5. The molecule has 0 saturated carbocycles. The van der Waals surface area contributed by atoms with E-state index in [1.807, 2.05) is 6.92 Å². The monoisotopic (exact) mass is 370 g/mol. The number of esters is 1. The van der Waals surface area contributed by atoms with E-state index in [1.165, 1.54) is 5.56 Å². The number of aromatic nitrogens is 1. The number of rotatable bonds is 6. The van der Waals surface area contributed by atoms with Gasteiger partial charge in [-0.15, -0.1) is 0 Å². The van der Waals surface area contributed by atoms with E-state index in [-0.39, 0.29) is 5.97 Å². The molecule has 1 saturated heterocycles. The number of anilines is 1. The maximum absolute atomic E-state index is 12.6. The van der Waals surface area contributed by atoms with Crippen molar-refractivity contribution in [2.24, 2.45) is 5.92 Å². The van der Waals surface area contributed by atoms with Crippen molar-refractivity contribution in [3.8, 4) is 0 Å². The standard InChI is InChI=1S/C22H30N2O3/c1-5-27-22(25)19-14-23-20-17(16(4)13-15(2)3)7-6-8-18(20)21(19)24-9-11-26-12-10-24/h6-8,14-16H,5,9-13H2,1-4H3. The zero-order valence-electron chi connectivity index (χ0n) is 16.8. The largest absolute Gasteiger partial charge is 0.462 e. The fraction of sp³-hybridized carbons (Fsp3) is 0.545. The number of nitrogens with zero attached hydrogens (tertiary/aromatic N) is 2. The first-order valence-corrected chi connectivity index (χ1v) is 9.94. The first kappa shape index (κ1) is 19.6. The molecular weight excluding hydrogens is 340 g/mol. The van der Waals surface area contributed by atoms with Crippen LogP contribution in [0, 0.1) is 5.92 Å². The van der Waals surface area contributed by atoms with E-state index in [9.17, 15) is 4.79 Å². The fourth-order valence-electron chi connectivity index (χ4n) is 3.95. The van der Waals surface area contributed by atoms with Gasteiger partial charge < -0.3 is 14.4 Å². The van der Waals surface area contributed by atoms with Gasteiger partial charge in [-0.3, -0.25) is 4.98 Å². The highest BCUT2D eigenvalue weighted by Crippen LogP contribution is 2.36. The van der Waals surface area contributed by atoms with Gasteiger partial charge in [0.1, 0.15) is 5.56 Å². The summed E-state index contributed by atoms with van der Waals surface area (Å²) in [6.07, 6.45) is 2.80. The molecule has 1 aromatic carbocycles. The molecule has 2 heterocycles. The normalized spacial score (nSPS) is 16.0. The average Bonchev–Trinajstić information content (AvgIpc) is 2.66. The topological polar surface area (TPSA) is 51.7 Å². The van der Waals surface area contributed by atoms with E-state index in [1.54, 1.807) is 6.20 Å². The first-order valence-electron chi connectivity index (χ1n) is 9.94. The molecule has 1 aliphatic rings. The molecule has 0 spiro atoms. The highest BCUT2D eigenvalue weighted by Gasteiger charge is 2.24. The predicted molar refractivity (Wildman–Crippen MR) is 109 cm³/mol. The number of hydrogen-bond acceptors (Lipinski definition) is 5. The van der Waals surface area contributed by atoms with E-state index in [2.05, 4.69) is 43.9 Å². The van der Waals surface area contributed by atoms with Crippen molar-refractivity contribution < 1.29 is 14.3 Å². The lowest BCUT2D eigenvalue weighted by Crippen LogP contribution is -2.37. The van der Waals surface area contributed by atoms with Crippen LogP contribution in [0.1, 0.15) is 56.0 Å². The molecule has 0 bridgehead atoms. The van der Waals surface area contributed by atoms with Crippen LogP contribution in [0.15, 0.2) is 24.4 Å². The summed E-state index contributed by atoms with van der Waals surface area (Å²) >= 11 is 0. The summed E-state index contributed by atoms with van der Waals surface area (Å²) in [7, 11) is 0. The van der Waals surface area contributed by atoms with Gasteiger partial charge in [0.05, 0.1) is 31.0 Å². The Morgan fingerprint density at radius 2 is 2.00 bits per heavy atom. The average molecular weight is 370 g/mol. The Bertz CT molecular complexity index is 797. The molecule has 1 atom stereocenters. The second kappa shape index (κ2) is 8.70. The van der Waals surface area contributed by atoms with Crippen molar-refractivity contribution in [3.63, 3.8) is 0 Å². The maximum atomic E-state index is 12.6. The molecule has 5 nitrogen and oxygen atoms in total. The number of ether oxygens (including phenoxy) is 2. The SMILES string of the molecule is CCOC(=O)c1cnc2c(C(C)CC(C)C)cccc2c1N1CCOCC1. The molecule has 0 amide bonds. The van der Waals surface area contributed by atoms with Crippen LogP contribution >= 0.6 is 0 Å². The molecule has 0 radical (unpaired) electrons. The van der Waals surface area contributed by atoms with Crippen LogP contribution in [-0.4, -0.2) is 43.9 Å². The quantitative estimate of drug-likeness (QED) is 0.706. The summed E-state index contributed by atoms with van der Waals surface area (Å²) in [5, 5.41) is 1.02. The van der Waals surface area contributed by atoms with Gasteiger partial charge in [0.15, 0.2) is 0 Å². The number of carbonyl (C=O) groups is 1. The molecule has 2 aromatic rings. The first-order chi connectivity index (χ1) is 13.0. The van der Waals surface area contributed by atoms with E-state index in [0.29, 0.717) is 37.2 Å². The van der Waals surface area contributed by atoms with Gasteiger partial charge in [-0.25, -0.2) is 4.79 Å². The minimum absolute atomic E-state index is 0.311. The molecule has 1 fully saturated rings. The Morgan fingerprint density at radius 3 is 2.67 bits per heavy atom. The number of pyridine rings is 1. The summed E-state index contributed by atoms with van der Waals surface area (Å²) < 4.78 is 10.8. The van der Waals surface area contributed by atoms with Gasteiger partial charge >= 0.3 is 5.97 Å². The molecule has 0 aliphatic carbocycles. The van der Waals surface area contributed by atoms with Gasteiger partial charge in [-0.2, -0.15) is 0 Å². The van der Waals surface area contributed by atoms with Crippen molar-refractivity contribution in [1.29, 1.82) is 0 Å². The van der Waals surface area contributed by atoms with Crippen molar-refractivity contribution in [2.75, 3.05) is 37.8 Å². The number of para-hydroxylation sites is 1. The Morgan fingerprint density at radius 1 is 1.26 bits per heavy atom. The van der Waals surface area contributed by atoms with Gasteiger partial charge in [0.2, 0.25) is 0 Å². The second-order valence-corrected chi connectivity index (χ2v) is 7.61. The Hall–Kier alpha value is -2.14. The summed E-state index contributed by atoms with van der Waals surface area (Å²) in [6, 6.07) is 6.31. The van der Waals surface area contributed by atoms with Crippen LogP contribution in [0.2, 0.25) is 0 Å². The molecule has 1 unspecified atom stereocenters. The van der Waals surface area contributed by atoms with Gasteiger partial charge in [0, 0.05) is 24.7 Å². The Kier molecular flexibility index (Phi) is 6.32. The molecule has 1 aromatic heterocycles. The lowest BCUT2D eigenvalue weighted by molar-refractivity contribution is 0.0526. The Labute approximate surface area is 161 Å². The molecule has 0 N–H and O–H groups in total. The second-order valence-electron chi connectivity index (χ2n) is 7.61. The number of benzene rings is 1. The van der Waals surface area contributed by atoms with Crippen molar-refractivity contribution in [2.45, 2.75) is 40.0 Å². The number of morpholine rings is 1. The highest BCUT2D eigenvalue weighted by molar-refractivity contribution is 6.06. The number of hydrogen-bond donors (Lipinski definition) is 0. The van der Waals surface area contributed by atoms with Crippen LogP contribution in [0.3, 0.4) is 0 Å². The van der Waals surface area contributed by atoms with Crippen LogP contribution in [-0.2, 0) is 9.47 Å². The van der Waals surface area contributed by atoms with Gasteiger partial charge in [-0.05, 0) is 30.7 Å². The lowest BCUT2D eigenvalue weighted by Gasteiger charge is -2.31. The van der Waals surface area contributed by atoms with Gasteiger partial charge in [-0.1, -0.05) is 39.0 Å². The third kappa shape index (κ3) is 4.24. The van der Waals surface area contributed by atoms with Crippen LogP contribution in [0.25, 0.3) is 10.9 Å². The maximum Gasteiger partial charge on any atom is 0.341 e. The zero-order chi connectivity index (χ0) is 19.4. The van der Waals surface area contributed by atoms with Crippen molar-refractivity contribution in [1.82, 2.24) is 4.98 Å². The molecule has 27 heavy (non-hydrogen) atoms. The Balaban J connectivity index is 2.15. The number of fused-ring (bicyclic) bond motifs is 1. The van der Waals surface area contributed by atoms with Crippen molar-refractivity contribution in [3.05, 3.63) is 35.5 Å². The molecule has 3 rings (SSSR count). The molecule has 146 valence electrons. The van der Waals surface area contributed by atoms with Crippen LogP contribution in [0.5, 0.6) is 0 Å². The highest BCUT2D eigenvalue weighted by atomic mass is 16.5. The lowest BCUT2D eigenvalue weighted by atomic mass is 9.90. The summed E-state index contributed by atoms with van der Waals surface area (Å²) in [6.45, 7) is 11.8. The third-order valence-electron chi connectivity index (χ3n) is 5.08. The predicted octanol–water partition coefficient (Wildman–Crippen LogP) is 4.40. The molecule has 1 aliphatic heterocycles. The molecule has 5 heteroatoms. The van der Waals surface area contributed by atoms with Crippen LogP contribution in [0.4, 0.5) is 5.69 Å². The van der Waals surface area contributed by atoms with Gasteiger partial charge in [0.25, 0.3) is 0 Å². The van der Waals surface area contributed by atoms with E-state index < -0.39 is 0 Å². The smallest absolute Gasteiger partial charge is 0.341 e. The van der Waals surface area contributed by atoms with E-state index in [4.69, 9.17) is 14.5 Å². The van der Waals surface area contributed by atoms with E-state index >= 15 is 0 Å². The minimum atomic E-state index is -0.311. The van der Waals surface area contributed by atoms with E-state index in [0.717, 1.165) is 36.1 Å². The minimum Gasteiger partial charge on any atom is -0.462 e. The third-order valence-corrected chi connectivity index (χ3v) is 5.08. The number of carbonyl (C=O) groups excluding carboxylic acids is 1. The zero-order valence-corrected chi connectivity index (χ0v) is 16.8. The summed E-state index contributed by atoms with van der Waals surface area (Å²) in [5.41, 5.74) is 3.70. The molecular formula is C22H30N2O3.